The minimum absolute atomic E-state index is 0.311. The number of hydrogen-bond acceptors (Lipinski definition) is 2. The second-order valence-electron chi connectivity index (χ2n) is 2.78. The van der Waals surface area contributed by atoms with E-state index in [1.165, 1.54) is 31.0 Å². The molecular formula is C10H18OS. The van der Waals surface area contributed by atoms with Gasteiger partial charge >= 0.3 is 0 Å². The van der Waals surface area contributed by atoms with E-state index in [1.807, 2.05) is 0 Å². The highest BCUT2D eigenvalue weighted by molar-refractivity contribution is 8.13. The molecule has 0 amide bonds. The normalized spacial score (nSPS) is 9.75. The van der Waals surface area contributed by atoms with E-state index in [0.717, 1.165) is 18.6 Å². The molecule has 0 saturated carbocycles. The Morgan fingerprint density at radius 2 is 2.17 bits per heavy atom. The van der Waals surface area contributed by atoms with Gasteiger partial charge in [0.1, 0.15) is 0 Å². The van der Waals surface area contributed by atoms with Crippen LogP contribution in [0.4, 0.5) is 0 Å². The van der Waals surface area contributed by atoms with E-state index in [4.69, 9.17) is 0 Å². The zero-order valence-corrected chi connectivity index (χ0v) is 8.66. The average Bonchev–Trinajstić information content (AvgIpc) is 2.09. The zero-order valence-electron chi connectivity index (χ0n) is 7.84. The van der Waals surface area contributed by atoms with Crippen molar-refractivity contribution in [1.82, 2.24) is 0 Å². The first-order chi connectivity index (χ1) is 5.81. The molecule has 0 saturated heterocycles. The molecule has 0 bridgehead atoms. The number of thioether (sulfide) groups is 1. The van der Waals surface area contributed by atoms with Gasteiger partial charge in [-0.05, 0) is 6.42 Å². The molecule has 0 radical (unpaired) electrons. The Morgan fingerprint density at radius 1 is 1.42 bits per heavy atom. The van der Waals surface area contributed by atoms with Crippen molar-refractivity contribution in [2.24, 2.45) is 0 Å². The van der Waals surface area contributed by atoms with Crippen LogP contribution in [0.2, 0.25) is 0 Å². The van der Waals surface area contributed by atoms with Gasteiger partial charge in [0, 0.05) is 12.2 Å². The fourth-order valence-corrected chi connectivity index (χ4v) is 1.51. The van der Waals surface area contributed by atoms with Crippen LogP contribution in [0.3, 0.4) is 0 Å². The standard InChI is InChI=1S/C10H18OS/c1-3-5-6-7-8-10(11)12-9-4-2/h4H,2-3,5-9H2,1H3. The average molecular weight is 186 g/mol. The maximum Gasteiger partial charge on any atom is 0.189 e. The van der Waals surface area contributed by atoms with Crippen molar-refractivity contribution in [3.63, 3.8) is 0 Å². The van der Waals surface area contributed by atoms with Crippen molar-refractivity contribution < 1.29 is 4.79 Å². The quantitative estimate of drug-likeness (QED) is 0.448. The summed E-state index contributed by atoms with van der Waals surface area (Å²) in [6, 6.07) is 0. The van der Waals surface area contributed by atoms with E-state index >= 15 is 0 Å². The fraction of sp³-hybridized carbons (Fsp3) is 0.700. The van der Waals surface area contributed by atoms with Crippen LogP contribution in [-0.2, 0) is 4.79 Å². The second-order valence-corrected chi connectivity index (χ2v) is 3.86. The Morgan fingerprint density at radius 3 is 2.75 bits per heavy atom. The maximum absolute atomic E-state index is 11.1. The number of unbranched alkanes of at least 4 members (excludes halogenated alkanes) is 3. The molecule has 0 heterocycles. The molecule has 0 rings (SSSR count). The molecule has 0 aliphatic heterocycles. The van der Waals surface area contributed by atoms with Gasteiger partial charge in [-0.3, -0.25) is 4.79 Å². The summed E-state index contributed by atoms with van der Waals surface area (Å²) in [5.41, 5.74) is 0. The highest BCUT2D eigenvalue weighted by Gasteiger charge is 1.99. The second kappa shape index (κ2) is 8.85. The third-order valence-corrected chi connectivity index (χ3v) is 2.53. The van der Waals surface area contributed by atoms with Gasteiger partial charge < -0.3 is 0 Å². The molecule has 0 N–H and O–H groups in total. The molecule has 0 aromatic rings. The predicted octanol–water partition coefficient (Wildman–Crippen LogP) is 3.40. The molecular weight excluding hydrogens is 168 g/mol. The van der Waals surface area contributed by atoms with Crippen LogP contribution in [0, 0.1) is 0 Å². The minimum atomic E-state index is 0.311. The van der Waals surface area contributed by atoms with Crippen LogP contribution in [0.15, 0.2) is 12.7 Å². The summed E-state index contributed by atoms with van der Waals surface area (Å²) in [5, 5.41) is 0.311. The molecule has 0 aliphatic carbocycles. The smallest absolute Gasteiger partial charge is 0.189 e. The lowest BCUT2D eigenvalue weighted by Crippen LogP contribution is -1.91. The molecule has 0 atom stereocenters. The van der Waals surface area contributed by atoms with Crippen LogP contribution in [0.1, 0.15) is 39.0 Å². The molecule has 12 heavy (non-hydrogen) atoms. The van der Waals surface area contributed by atoms with Crippen LogP contribution in [0.25, 0.3) is 0 Å². The zero-order chi connectivity index (χ0) is 9.23. The molecule has 0 spiro atoms. The molecule has 0 aromatic carbocycles. The van der Waals surface area contributed by atoms with Crippen molar-refractivity contribution in [2.45, 2.75) is 39.0 Å². The minimum Gasteiger partial charge on any atom is -0.287 e. The van der Waals surface area contributed by atoms with Gasteiger partial charge in [0.15, 0.2) is 5.12 Å². The summed E-state index contributed by atoms with van der Waals surface area (Å²) < 4.78 is 0. The highest BCUT2D eigenvalue weighted by atomic mass is 32.2. The lowest BCUT2D eigenvalue weighted by molar-refractivity contribution is -0.111. The first-order valence-corrected chi connectivity index (χ1v) is 5.56. The number of carbonyl (C=O) groups is 1. The Balaban J connectivity index is 3.13. The van der Waals surface area contributed by atoms with Crippen molar-refractivity contribution in [2.75, 3.05) is 5.75 Å². The maximum atomic E-state index is 11.1. The molecule has 0 aliphatic rings. The van der Waals surface area contributed by atoms with Crippen LogP contribution in [0.5, 0.6) is 0 Å². The van der Waals surface area contributed by atoms with E-state index in [9.17, 15) is 4.79 Å². The Hall–Kier alpha value is -0.240. The Labute approximate surface area is 79.6 Å². The first kappa shape index (κ1) is 11.8. The van der Waals surface area contributed by atoms with Gasteiger partial charge in [-0.25, -0.2) is 0 Å². The number of rotatable bonds is 7. The topological polar surface area (TPSA) is 17.1 Å². The van der Waals surface area contributed by atoms with Crippen molar-refractivity contribution in [3.8, 4) is 0 Å². The van der Waals surface area contributed by atoms with Gasteiger partial charge in [0.25, 0.3) is 0 Å². The summed E-state index contributed by atoms with van der Waals surface area (Å²) in [6.45, 7) is 5.74. The van der Waals surface area contributed by atoms with Gasteiger partial charge in [0.2, 0.25) is 0 Å². The first-order valence-electron chi connectivity index (χ1n) is 4.57. The molecule has 0 aromatic heterocycles. The third-order valence-electron chi connectivity index (χ3n) is 1.60. The lowest BCUT2D eigenvalue weighted by atomic mass is 10.2. The van der Waals surface area contributed by atoms with Gasteiger partial charge in [0.05, 0.1) is 0 Å². The van der Waals surface area contributed by atoms with Crippen molar-refractivity contribution in [1.29, 1.82) is 0 Å². The summed E-state index contributed by atoms with van der Waals surface area (Å²) >= 11 is 1.38. The summed E-state index contributed by atoms with van der Waals surface area (Å²) in [7, 11) is 0. The Bertz CT molecular complexity index is 132. The van der Waals surface area contributed by atoms with E-state index in [0.29, 0.717) is 5.12 Å². The van der Waals surface area contributed by atoms with E-state index in [1.54, 1.807) is 6.08 Å². The van der Waals surface area contributed by atoms with Crippen LogP contribution in [-0.4, -0.2) is 10.9 Å². The summed E-state index contributed by atoms with van der Waals surface area (Å²) in [5.74, 6) is 0.757. The lowest BCUT2D eigenvalue weighted by Gasteiger charge is -1.97. The van der Waals surface area contributed by atoms with Crippen molar-refractivity contribution in [3.05, 3.63) is 12.7 Å². The van der Waals surface area contributed by atoms with E-state index in [-0.39, 0.29) is 0 Å². The molecule has 1 nitrogen and oxygen atoms in total. The highest BCUT2D eigenvalue weighted by Crippen LogP contribution is 2.10. The SMILES string of the molecule is C=CCSC(=O)CCCCCC. The largest absolute Gasteiger partial charge is 0.287 e. The molecule has 2 heteroatoms. The summed E-state index contributed by atoms with van der Waals surface area (Å²) in [4.78, 5) is 11.1. The van der Waals surface area contributed by atoms with Crippen LogP contribution >= 0.6 is 11.8 Å². The van der Waals surface area contributed by atoms with Gasteiger partial charge in [-0.2, -0.15) is 0 Å². The number of hydrogen-bond donors (Lipinski definition) is 0. The van der Waals surface area contributed by atoms with Crippen LogP contribution < -0.4 is 0 Å². The number of carbonyl (C=O) groups excluding carboxylic acids is 1. The fourth-order valence-electron chi connectivity index (χ4n) is 0.920. The van der Waals surface area contributed by atoms with Gasteiger partial charge in [-0.1, -0.05) is 44.0 Å². The molecule has 0 unspecified atom stereocenters. The predicted molar refractivity (Wildman–Crippen MR) is 56.4 cm³/mol. The van der Waals surface area contributed by atoms with E-state index < -0.39 is 0 Å². The molecule has 70 valence electrons. The monoisotopic (exact) mass is 186 g/mol. The molecule has 0 fully saturated rings. The third kappa shape index (κ3) is 7.86. The van der Waals surface area contributed by atoms with Gasteiger partial charge in [-0.15, -0.1) is 6.58 Å². The van der Waals surface area contributed by atoms with Crippen molar-refractivity contribution >= 4 is 16.9 Å². The van der Waals surface area contributed by atoms with E-state index in [2.05, 4.69) is 13.5 Å². The Kier molecular flexibility index (Phi) is 8.68. The summed E-state index contributed by atoms with van der Waals surface area (Å²) in [6.07, 6.45) is 7.23.